The topological polar surface area (TPSA) is 9.23 Å². The van der Waals surface area contributed by atoms with E-state index in [4.69, 9.17) is 4.74 Å². The fraction of sp³-hybridized carbons (Fsp3) is 1.00. The Morgan fingerprint density at radius 3 is 2.79 bits per heavy atom. The molecule has 3 aliphatic rings. The summed E-state index contributed by atoms with van der Waals surface area (Å²) in [5.74, 6) is 1.76. The second-order valence-corrected chi connectivity index (χ2v) is 5.63. The molecule has 2 heterocycles. The highest BCUT2D eigenvalue weighted by Gasteiger charge is 2.47. The average molecular weight is 196 g/mol. The van der Waals surface area contributed by atoms with Crippen molar-refractivity contribution in [2.24, 2.45) is 11.8 Å². The van der Waals surface area contributed by atoms with Gasteiger partial charge in [0.05, 0.1) is 11.7 Å². The molecule has 1 nitrogen and oxygen atoms in total. The Bertz CT molecular complexity index is 201. The van der Waals surface area contributed by atoms with E-state index in [-0.39, 0.29) is 5.60 Å². The van der Waals surface area contributed by atoms with Gasteiger partial charge in [-0.1, -0.05) is 26.7 Å². The van der Waals surface area contributed by atoms with E-state index in [1.54, 1.807) is 0 Å². The van der Waals surface area contributed by atoms with Crippen molar-refractivity contribution < 1.29 is 4.74 Å². The van der Waals surface area contributed by atoms with Crippen LogP contribution in [0.2, 0.25) is 0 Å². The molecule has 2 aliphatic heterocycles. The number of fused-ring (bicyclic) bond motifs is 3. The fourth-order valence-corrected chi connectivity index (χ4v) is 3.48. The molecule has 0 aromatic heterocycles. The predicted octanol–water partition coefficient (Wildman–Crippen LogP) is 3.77. The summed E-state index contributed by atoms with van der Waals surface area (Å²) in [6.45, 7) is 7.01. The van der Waals surface area contributed by atoms with Crippen molar-refractivity contribution in [3.05, 3.63) is 0 Å². The fourth-order valence-electron chi connectivity index (χ4n) is 3.48. The van der Waals surface area contributed by atoms with Gasteiger partial charge in [-0.15, -0.1) is 0 Å². The predicted molar refractivity (Wildman–Crippen MR) is 59.3 cm³/mol. The first-order chi connectivity index (χ1) is 6.64. The summed E-state index contributed by atoms with van der Waals surface area (Å²) in [5.41, 5.74) is 0.229. The van der Waals surface area contributed by atoms with Crippen molar-refractivity contribution in [2.75, 3.05) is 0 Å². The molecule has 4 unspecified atom stereocenters. The summed E-state index contributed by atoms with van der Waals surface area (Å²) >= 11 is 0. The van der Waals surface area contributed by atoms with Crippen LogP contribution >= 0.6 is 0 Å². The zero-order valence-corrected chi connectivity index (χ0v) is 9.88. The molecule has 0 aromatic rings. The Balaban J connectivity index is 1.99. The molecule has 1 heteroatoms. The lowest BCUT2D eigenvalue weighted by atomic mass is 9.67. The van der Waals surface area contributed by atoms with E-state index in [0.717, 1.165) is 11.8 Å². The van der Waals surface area contributed by atoms with Gasteiger partial charge in [-0.2, -0.15) is 0 Å². The molecule has 0 radical (unpaired) electrons. The third-order valence-electron chi connectivity index (χ3n) is 4.25. The monoisotopic (exact) mass is 196 g/mol. The third kappa shape index (κ3) is 1.84. The highest BCUT2D eigenvalue weighted by molar-refractivity contribution is 4.96. The maximum absolute atomic E-state index is 6.25. The van der Waals surface area contributed by atoms with Crippen molar-refractivity contribution in [1.29, 1.82) is 0 Å². The van der Waals surface area contributed by atoms with Crippen LogP contribution in [-0.4, -0.2) is 11.7 Å². The maximum atomic E-state index is 6.25. The van der Waals surface area contributed by atoms with Crippen LogP contribution in [0.1, 0.15) is 59.3 Å². The zero-order valence-electron chi connectivity index (χ0n) is 9.88. The van der Waals surface area contributed by atoms with Crippen LogP contribution < -0.4 is 0 Å². The van der Waals surface area contributed by atoms with Crippen LogP contribution in [0.25, 0.3) is 0 Å². The van der Waals surface area contributed by atoms with Crippen LogP contribution in [0, 0.1) is 11.8 Å². The smallest absolute Gasteiger partial charge is 0.0661 e. The van der Waals surface area contributed by atoms with Crippen molar-refractivity contribution in [3.8, 4) is 0 Å². The molecule has 0 spiro atoms. The molecule has 0 amide bonds. The van der Waals surface area contributed by atoms with Crippen molar-refractivity contribution >= 4 is 0 Å². The Kier molecular flexibility index (Phi) is 2.88. The van der Waals surface area contributed by atoms with Gasteiger partial charge >= 0.3 is 0 Å². The average Bonchev–Trinajstić information content (AvgIpc) is 2.13. The molecule has 0 aromatic carbocycles. The summed E-state index contributed by atoms with van der Waals surface area (Å²) in [4.78, 5) is 0. The summed E-state index contributed by atoms with van der Waals surface area (Å²) in [5, 5.41) is 0. The summed E-state index contributed by atoms with van der Waals surface area (Å²) < 4.78 is 6.25. The largest absolute Gasteiger partial charge is 0.372 e. The second-order valence-electron chi connectivity index (χ2n) is 5.63. The molecular weight excluding hydrogens is 172 g/mol. The minimum absolute atomic E-state index is 0.229. The Morgan fingerprint density at radius 2 is 2.21 bits per heavy atom. The van der Waals surface area contributed by atoms with E-state index in [1.165, 1.54) is 38.5 Å². The van der Waals surface area contributed by atoms with Crippen molar-refractivity contribution in [2.45, 2.75) is 71.0 Å². The van der Waals surface area contributed by atoms with E-state index in [1.807, 2.05) is 0 Å². The lowest BCUT2D eigenvalue weighted by molar-refractivity contribution is -0.205. The number of ether oxygens (including phenoxy) is 1. The van der Waals surface area contributed by atoms with Gasteiger partial charge in [-0.05, 0) is 44.4 Å². The lowest BCUT2D eigenvalue weighted by Crippen LogP contribution is -2.52. The molecule has 3 rings (SSSR count). The van der Waals surface area contributed by atoms with E-state index in [0.29, 0.717) is 6.10 Å². The molecule has 14 heavy (non-hydrogen) atoms. The number of hydrogen-bond donors (Lipinski definition) is 0. The van der Waals surface area contributed by atoms with E-state index in [9.17, 15) is 0 Å². The van der Waals surface area contributed by atoms with Gasteiger partial charge in [-0.25, -0.2) is 0 Å². The molecule has 3 fully saturated rings. The molecule has 82 valence electrons. The van der Waals surface area contributed by atoms with Crippen LogP contribution in [0.5, 0.6) is 0 Å². The SMILES string of the molecule is CCCCC1OC2(C)CCC1C(C)C2. The Morgan fingerprint density at radius 1 is 1.43 bits per heavy atom. The van der Waals surface area contributed by atoms with Crippen LogP contribution in [0.15, 0.2) is 0 Å². The molecule has 2 bridgehead atoms. The van der Waals surface area contributed by atoms with Gasteiger partial charge in [0.1, 0.15) is 0 Å². The van der Waals surface area contributed by atoms with Crippen molar-refractivity contribution in [1.82, 2.24) is 0 Å². The molecular formula is C13H24O. The first-order valence-corrected chi connectivity index (χ1v) is 6.32. The van der Waals surface area contributed by atoms with Gasteiger partial charge in [-0.3, -0.25) is 0 Å². The minimum atomic E-state index is 0.229. The molecule has 0 N–H and O–H groups in total. The first-order valence-electron chi connectivity index (χ1n) is 6.32. The van der Waals surface area contributed by atoms with Crippen LogP contribution in [0.4, 0.5) is 0 Å². The van der Waals surface area contributed by atoms with E-state index >= 15 is 0 Å². The minimum Gasteiger partial charge on any atom is -0.372 e. The summed E-state index contributed by atoms with van der Waals surface area (Å²) in [6, 6.07) is 0. The van der Waals surface area contributed by atoms with Gasteiger partial charge in [0.15, 0.2) is 0 Å². The lowest BCUT2D eigenvalue weighted by Gasteiger charge is -2.52. The standard InChI is InChI=1S/C13H24O/c1-4-5-6-12-11-7-8-13(3,14-12)9-10(11)2/h10-12H,4-9H2,1-3H3. The van der Waals surface area contributed by atoms with Gasteiger partial charge in [0.2, 0.25) is 0 Å². The quantitative estimate of drug-likeness (QED) is 0.667. The van der Waals surface area contributed by atoms with Crippen LogP contribution in [0.3, 0.4) is 0 Å². The van der Waals surface area contributed by atoms with E-state index < -0.39 is 0 Å². The third-order valence-corrected chi connectivity index (χ3v) is 4.25. The van der Waals surface area contributed by atoms with Crippen LogP contribution in [-0.2, 0) is 4.74 Å². The van der Waals surface area contributed by atoms with E-state index in [2.05, 4.69) is 20.8 Å². The highest BCUT2D eigenvalue weighted by atomic mass is 16.5. The van der Waals surface area contributed by atoms with Gasteiger partial charge in [0.25, 0.3) is 0 Å². The zero-order chi connectivity index (χ0) is 10.2. The molecule has 1 aliphatic carbocycles. The van der Waals surface area contributed by atoms with Gasteiger partial charge < -0.3 is 4.74 Å². The Labute approximate surface area is 88.2 Å². The Hall–Kier alpha value is -0.0400. The summed E-state index contributed by atoms with van der Waals surface area (Å²) in [7, 11) is 0. The summed E-state index contributed by atoms with van der Waals surface area (Å²) in [6.07, 6.45) is 8.51. The number of rotatable bonds is 3. The first kappa shape index (κ1) is 10.5. The molecule has 1 saturated carbocycles. The maximum Gasteiger partial charge on any atom is 0.0661 e. The second kappa shape index (κ2) is 3.84. The molecule has 2 saturated heterocycles. The number of hydrogen-bond acceptors (Lipinski definition) is 1. The highest BCUT2D eigenvalue weighted by Crippen LogP contribution is 2.48. The van der Waals surface area contributed by atoms with Gasteiger partial charge in [0, 0.05) is 0 Å². The normalized spacial score (nSPS) is 46.9. The number of unbranched alkanes of at least 4 members (excludes halogenated alkanes) is 1. The van der Waals surface area contributed by atoms with Crippen molar-refractivity contribution in [3.63, 3.8) is 0 Å². The molecule has 4 atom stereocenters.